The molecule has 0 radical (unpaired) electrons. The van der Waals surface area contributed by atoms with Gasteiger partial charge in [-0.05, 0) is 69.1 Å². The molecule has 2 aromatic carbocycles. The van der Waals surface area contributed by atoms with E-state index in [4.69, 9.17) is 19.7 Å². The number of phenols is 1. The standard InChI is InChI=1S/C30H34N6O2/c1-18-27(25-13-23(37)12-19-6-3-4-8-24(19)25)31-14-26-28(18)33-30(38-17-22-7-5-11-35(22)2)34-29(26)36-15-20-9-10-21(16-36)32-20/h3-4,6,8,12-14,20-22,32,37H,5,7,9-11,15-17H2,1-2H3/t20?,21?,22-/m0/s1. The van der Waals surface area contributed by atoms with Gasteiger partial charge in [0.15, 0.2) is 0 Å². The summed E-state index contributed by atoms with van der Waals surface area (Å²) in [6.07, 6.45) is 6.64. The molecule has 2 bridgehead atoms. The topological polar surface area (TPSA) is 86.6 Å². The summed E-state index contributed by atoms with van der Waals surface area (Å²) in [5.74, 6) is 1.13. The van der Waals surface area contributed by atoms with Crippen LogP contribution in [0, 0.1) is 6.92 Å². The predicted octanol–water partition coefficient (Wildman–Crippen LogP) is 4.27. The van der Waals surface area contributed by atoms with E-state index in [1.54, 1.807) is 12.1 Å². The van der Waals surface area contributed by atoms with E-state index in [0.29, 0.717) is 30.7 Å². The quantitative estimate of drug-likeness (QED) is 0.412. The molecule has 0 aliphatic carbocycles. The molecule has 0 saturated carbocycles. The number of hydrogen-bond acceptors (Lipinski definition) is 8. The number of likely N-dealkylation sites (N-methyl/N-ethyl adjacent to an activating group) is 1. The summed E-state index contributed by atoms with van der Waals surface area (Å²) in [4.78, 5) is 19.6. The van der Waals surface area contributed by atoms with Crippen LogP contribution >= 0.6 is 0 Å². The third-order valence-corrected chi connectivity index (χ3v) is 8.63. The number of aryl methyl sites for hydroxylation is 1. The van der Waals surface area contributed by atoms with E-state index in [1.165, 1.54) is 19.3 Å². The van der Waals surface area contributed by atoms with Gasteiger partial charge in [0.1, 0.15) is 18.2 Å². The SMILES string of the molecule is Cc1c(-c2cc(O)cc3ccccc23)ncc2c(N3CC4CCC(C3)N4)nc(OC[C@@H]3CCCN3C)nc12. The molecule has 3 aliphatic rings. The van der Waals surface area contributed by atoms with Crippen molar-refractivity contribution in [1.82, 2.24) is 25.2 Å². The minimum Gasteiger partial charge on any atom is -0.508 e. The molecule has 0 amide bonds. The number of hydrogen-bond donors (Lipinski definition) is 2. The third-order valence-electron chi connectivity index (χ3n) is 8.63. The normalized spacial score (nSPS) is 23.5. The second-order valence-electron chi connectivity index (χ2n) is 11.2. The molecule has 2 N–H and O–H groups in total. The highest BCUT2D eigenvalue weighted by Gasteiger charge is 2.34. The molecule has 7 rings (SSSR count). The fraction of sp³-hybridized carbons (Fsp3) is 0.433. The lowest BCUT2D eigenvalue weighted by molar-refractivity contribution is 0.188. The Bertz CT molecular complexity index is 1510. The monoisotopic (exact) mass is 510 g/mol. The highest BCUT2D eigenvalue weighted by molar-refractivity contribution is 6.01. The number of aromatic nitrogens is 3. The number of piperazine rings is 1. The number of aromatic hydroxyl groups is 1. The molecular weight excluding hydrogens is 476 g/mol. The summed E-state index contributed by atoms with van der Waals surface area (Å²) in [7, 11) is 2.16. The number of pyridine rings is 1. The van der Waals surface area contributed by atoms with Gasteiger partial charge >= 0.3 is 6.01 Å². The number of phenolic OH excluding ortho intramolecular Hbond substituents is 1. The lowest BCUT2D eigenvalue weighted by atomic mass is 9.97. The molecule has 3 aliphatic heterocycles. The first-order chi connectivity index (χ1) is 18.5. The van der Waals surface area contributed by atoms with Gasteiger partial charge in [-0.1, -0.05) is 24.3 Å². The van der Waals surface area contributed by atoms with Gasteiger partial charge in [-0.2, -0.15) is 9.97 Å². The summed E-state index contributed by atoms with van der Waals surface area (Å²) in [6, 6.07) is 13.5. The highest BCUT2D eigenvalue weighted by atomic mass is 16.5. The summed E-state index contributed by atoms with van der Waals surface area (Å²) < 4.78 is 6.29. The number of likely N-dealkylation sites (tertiary alicyclic amines) is 1. The smallest absolute Gasteiger partial charge is 0.319 e. The van der Waals surface area contributed by atoms with E-state index in [0.717, 1.165) is 70.4 Å². The lowest BCUT2D eigenvalue weighted by Gasteiger charge is -2.34. The maximum atomic E-state index is 10.5. The molecule has 8 nitrogen and oxygen atoms in total. The van der Waals surface area contributed by atoms with Crippen LogP contribution in [-0.2, 0) is 0 Å². The summed E-state index contributed by atoms with van der Waals surface area (Å²) in [5, 5.41) is 17.2. The number of fused-ring (bicyclic) bond motifs is 4. The Kier molecular flexibility index (Phi) is 5.82. The number of nitrogens with one attached hydrogen (secondary N) is 1. The van der Waals surface area contributed by atoms with Crippen LogP contribution < -0.4 is 15.0 Å². The van der Waals surface area contributed by atoms with Crippen molar-refractivity contribution in [3.8, 4) is 23.0 Å². The second-order valence-corrected chi connectivity index (χ2v) is 11.2. The largest absolute Gasteiger partial charge is 0.508 e. The molecule has 4 aromatic rings. The molecule has 38 heavy (non-hydrogen) atoms. The fourth-order valence-electron chi connectivity index (χ4n) is 6.58. The van der Waals surface area contributed by atoms with Crippen molar-refractivity contribution < 1.29 is 9.84 Å². The molecule has 2 unspecified atom stereocenters. The van der Waals surface area contributed by atoms with Crippen molar-refractivity contribution in [3.05, 3.63) is 48.2 Å². The molecule has 3 atom stereocenters. The highest BCUT2D eigenvalue weighted by Crippen LogP contribution is 2.38. The lowest BCUT2D eigenvalue weighted by Crippen LogP contribution is -2.51. The fourth-order valence-corrected chi connectivity index (χ4v) is 6.58. The van der Waals surface area contributed by atoms with E-state index in [1.807, 2.05) is 24.4 Å². The van der Waals surface area contributed by atoms with Crippen molar-refractivity contribution in [2.24, 2.45) is 0 Å². The van der Waals surface area contributed by atoms with Crippen molar-refractivity contribution >= 4 is 27.5 Å². The Morgan fingerprint density at radius 1 is 1.05 bits per heavy atom. The van der Waals surface area contributed by atoms with Crippen LogP contribution in [0.1, 0.15) is 31.2 Å². The van der Waals surface area contributed by atoms with Gasteiger partial charge in [0, 0.05) is 48.5 Å². The van der Waals surface area contributed by atoms with Gasteiger partial charge in [-0.15, -0.1) is 0 Å². The van der Waals surface area contributed by atoms with Crippen molar-refractivity contribution in [2.45, 2.75) is 50.7 Å². The maximum Gasteiger partial charge on any atom is 0.319 e. The maximum absolute atomic E-state index is 10.5. The Hall–Kier alpha value is -3.49. The number of nitrogens with zero attached hydrogens (tertiary/aromatic N) is 5. The summed E-state index contributed by atoms with van der Waals surface area (Å²) in [5.41, 5.74) is 3.53. The number of anilines is 1. The molecule has 8 heteroatoms. The Morgan fingerprint density at radius 2 is 1.87 bits per heavy atom. The van der Waals surface area contributed by atoms with Crippen LogP contribution in [0.25, 0.3) is 32.9 Å². The molecular formula is C30H34N6O2. The van der Waals surface area contributed by atoms with Crippen LogP contribution in [0.15, 0.2) is 42.6 Å². The van der Waals surface area contributed by atoms with Gasteiger partial charge in [-0.25, -0.2) is 0 Å². The Labute approximate surface area is 222 Å². The van der Waals surface area contributed by atoms with Crippen LogP contribution in [-0.4, -0.2) is 76.4 Å². The van der Waals surface area contributed by atoms with E-state index < -0.39 is 0 Å². The first-order valence-electron chi connectivity index (χ1n) is 13.8. The van der Waals surface area contributed by atoms with Crippen LogP contribution in [0.3, 0.4) is 0 Å². The zero-order valence-corrected chi connectivity index (χ0v) is 22.0. The molecule has 0 spiro atoms. The average molecular weight is 511 g/mol. The zero-order valence-electron chi connectivity index (χ0n) is 22.0. The van der Waals surface area contributed by atoms with Crippen molar-refractivity contribution in [1.29, 1.82) is 0 Å². The Morgan fingerprint density at radius 3 is 2.66 bits per heavy atom. The van der Waals surface area contributed by atoms with Gasteiger partial charge in [0.05, 0.1) is 16.6 Å². The molecule has 196 valence electrons. The molecule has 5 heterocycles. The predicted molar refractivity (Wildman–Crippen MR) is 150 cm³/mol. The van der Waals surface area contributed by atoms with Gasteiger partial charge in [0.25, 0.3) is 0 Å². The third kappa shape index (κ3) is 4.12. The molecule has 3 fully saturated rings. The summed E-state index contributed by atoms with van der Waals surface area (Å²) >= 11 is 0. The number of benzene rings is 2. The number of rotatable bonds is 5. The van der Waals surface area contributed by atoms with E-state index in [9.17, 15) is 5.11 Å². The van der Waals surface area contributed by atoms with Gasteiger partial charge in [0.2, 0.25) is 0 Å². The first-order valence-corrected chi connectivity index (χ1v) is 13.8. The zero-order chi connectivity index (χ0) is 25.8. The van der Waals surface area contributed by atoms with Crippen molar-refractivity contribution in [2.75, 3.05) is 38.2 Å². The number of ether oxygens (including phenoxy) is 1. The van der Waals surface area contributed by atoms with Crippen LogP contribution in [0.5, 0.6) is 11.8 Å². The van der Waals surface area contributed by atoms with Crippen LogP contribution in [0.4, 0.5) is 5.82 Å². The van der Waals surface area contributed by atoms with Gasteiger partial charge in [-0.3, -0.25) is 4.98 Å². The molecule has 2 aromatic heterocycles. The van der Waals surface area contributed by atoms with E-state index in [-0.39, 0.29) is 5.75 Å². The second kappa shape index (κ2) is 9.36. The first kappa shape index (κ1) is 23.6. The van der Waals surface area contributed by atoms with Gasteiger partial charge < -0.3 is 25.0 Å². The van der Waals surface area contributed by atoms with Crippen LogP contribution in [0.2, 0.25) is 0 Å². The van der Waals surface area contributed by atoms with E-state index in [2.05, 4.69) is 35.2 Å². The summed E-state index contributed by atoms with van der Waals surface area (Å²) in [6.45, 7) is 5.60. The average Bonchev–Trinajstić information content (AvgIpc) is 3.50. The van der Waals surface area contributed by atoms with E-state index >= 15 is 0 Å². The minimum absolute atomic E-state index is 0.226. The minimum atomic E-state index is 0.226. The molecule has 3 saturated heterocycles. The Balaban J connectivity index is 1.36. The van der Waals surface area contributed by atoms with Crippen molar-refractivity contribution in [3.63, 3.8) is 0 Å².